The van der Waals surface area contributed by atoms with Crippen molar-refractivity contribution in [1.82, 2.24) is 4.31 Å². The Kier molecular flexibility index (Phi) is 6.84. The Morgan fingerprint density at radius 2 is 1.80 bits per heavy atom. The topological polar surface area (TPSA) is 63.4 Å². The van der Waals surface area contributed by atoms with Gasteiger partial charge in [0.05, 0.1) is 5.75 Å². The molecule has 0 aliphatic rings. The van der Waals surface area contributed by atoms with E-state index in [-0.39, 0.29) is 5.75 Å². The van der Waals surface area contributed by atoms with E-state index in [9.17, 15) is 8.42 Å². The molecule has 1 aromatic rings. The minimum atomic E-state index is -3.30. The molecule has 0 amide bonds. The van der Waals surface area contributed by atoms with Gasteiger partial charge in [-0.15, -0.1) is 24.9 Å². The molecule has 2 N–H and O–H groups in total. The second-order valence-corrected chi connectivity index (χ2v) is 7.32. The quantitative estimate of drug-likeness (QED) is 0.432. The monoisotopic (exact) mass is 312 g/mol. The Morgan fingerprint density at radius 3 is 2.35 bits per heavy atom. The van der Waals surface area contributed by atoms with E-state index in [0.29, 0.717) is 24.5 Å². The van der Waals surface area contributed by atoms with Crippen LogP contribution in [0.25, 0.3) is 0 Å². The van der Waals surface area contributed by atoms with Crippen LogP contribution in [0.1, 0.15) is 0 Å². The first-order valence-corrected chi connectivity index (χ1v) is 8.77. The Morgan fingerprint density at radius 1 is 1.20 bits per heavy atom. The van der Waals surface area contributed by atoms with Crippen LogP contribution in [0, 0.1) is 0 Å². The number of hydrogen-bond acceptors (Lipinski definition) is 4. The summed E-state index contributed by atoms with van der Waals surface area (Å²) in [6, 6.07) is 7.43. The third kappa shape index (κ3) is 5.03. The Balaban J connectivity index is 2.60. The van der Waals surface area contributed by atoms with Gasteiger partial charge in [0, 0.05) is 29.4 Å². The second kappa shape index (κ2) is 8.14. The number of sulfonamides is 1. The van der Waals surface area contributed by atoms with Crippen LogP contribution < -0.4 is 5.73 Å². The highest BCUT2D eigenvalue weighted by atomic mass is 32.2. The molecule has 20 heavy (non-hydrogen) atoms. The number of nitrogens with zero attached hydrogens (tertiary/aromatic N) is 1. The first kappa shape index (κ1) is 16.8. The molecule has 0 unspecified atom stereocenters. The largest absolute Gasteiger partial charge is 0.398 e. The smallest absolute Gasteiger partial charge is 0.215 e. The summed E-state index contributed by atoms with van der Waals surface area (Å²) in [4.78, 5) is 0.904. The molecule has 0 aromatic heterocycles. The van der Waals surface area contributed by atoms with E-state index in [1.54, 1.807) is 18.2 Å². The molecule has 6 heteroatoms. The molecule has 0 bridgehead atoms. The minimum Gasteiger partial charge on any atom is -0.398 e. The zero-order valence-corrected chi connectivity index (χ0v) is 13.0. The lowest BCUT2D eigenvalue weighted by Crippen LogP contribution is -2.34. The third-order valence-electron chi connectivity index (χ3n) is 2.58. The number of hydrogen-bond donors (Lipinski definition) is 1. The van der Waals surface area contributed by atoms with Crippen molar-refractivity contribution in [1.29, 1.82) is 0 Å². The van der Waals surface area contributed by atoms with Gasteiger partial charge in [-0.25, -0.2) is 8.42 Å². The van der Waals surface area contributed by atoms with Gasteiger partial charge in [0.15, 0.2) is 0 Å². The fraction of sp³-hybridized carbons (Fsp3) is 0.286. The molecule has 0 spiro atoms. The summed E-state index contributed by atoms with van der Waals surface area (Å²) in [6.07, 6.45) is 3.15. The molecule has 1 rings (SSSR count). The average molecular weight is 312 g/mol. The average Bonchev–Trinajstić information content (AvgIpc) is 2.40. The lowest BCUT2D eigenvalue weighted by molar-refractivity contribution is 0.475. The zero-order chi connectivity index (χ0) is 15.0. The van der Waals surface area contributed by atoms with Gasteiger partial charge < -0.3 is 5.73 Å². The maximum atomic E-state index is 12.2. The highest BCUT2D eigenvalue weighted by Gasteiger charge is 2.19. The van der Waals surface area contributed by atoms with Crippen LogP contribution in [-0.2, 0) is 10.0 Å². The van der Waals surface area contributed by atoms with Crippen molar-refractivity contribution >= 4 is 27.5 Å². The number of thioether (sulfide) groups is 1. The molecule has 0 saturated carbocycles. The zero-order valence-electron chi connectivity index (χ0n) is 11.4. The standard InChI is InChI=1S/C14H20N2O2S2/c1-3-9-16(10-4-2)20(17,18)12-11-19-14-8-6-5-7-13(14)15/h3-8H,1-2,9-12,15H2. The predicted molar refractivity (Wildman–Crippen MR) is 87.3 cm³/mol. The van der Waals surface area contributed by atoms with Gasteiger partial charge in [-0.3, -0.25) is 0 Å². The van der Waals surface area contributed by atoms with Gasteiger partial charge >= 0.3 is 0 Å². The molecule has 0 fully saturated rings. The van der Waals surface area contributed by atoms with Crippen LogP contribution in [0.4, 0.5) is 5.69 Å². The number of para-hydroxylation sites is 1. The van der Waals surface area contributed by atoms with Gasteiger partial charge in [0.1, 0.15) is 0 Å². The molecule has 110 valence electrons. The van der Waals surface area contributed by atoms with Crippen molar-refractivity contribution in [2.24, 2.45) is 0 Å². The predicted octanol–water partition coefficient (Wildman–Crippen LogP) is 2.36. The highest BCUT2D eigenvalue weighted by Crippen LogP contribution is 2.24. The van der Waals surface area contributed by atoms with Crippen LogP contribution in [0.15, 0.2) is 54.5 Å². The number of anilines is 1. The van der Waals surface area contributed by atoms with E-state index < -0.39 is 10.0 Å². The summed E-state index contributed by atoms with van der Waals surface area (Å²) in [5.74, 6) is 0.523. The lowest BCUT2D eigenvalue weighted by atomic mass is 10.3. The van der Waals surface area contributed by atoms with Crippen LogP contribution in [-0.4, -0.2) is 37.3 Å². The molecule has 1 aromatic carbocycles. The fourth-order valence-electron chi connectivity index (χ4n) is 1.59. The number of benzene rings is 1. The van der Waals surface area contributed by atoms with Gasteiger partial charge in [-0.1, -0.05) is 24.3 Å². The molecule has 4 nitrogen and oxygen atoms in total. The van der Waals surface area contributed by atoms with Crippen molar-refractivity contribution in [3.05, 3.63) is 49.6 Å². The summed E-state index contributed by atoms with van der Waals surface area (Å²) < 4.78 is 25.7. The molecule has 0 atom stereocenters. The van der Waals surface area contributed by atoms with Crippen molar-refractivity contribution in [3.63, 3.8) is 0 Å². The Bertz CT molecular complexity index is 546. The normalized spacial score (nSPS) is 11.4. The van der Waals surface area contributed by atoms with E-state index in [0.717, 1.165) is 4.90 Å². The SMILES string of the molecule is C=CCN(CC=C)S(=O)(=O)CCSc1ccccc1N. The third-order valence-corrected chi connectivity index (χ3v) is 5.73. The van der Waals surface area contributed by atoms with Gasteiger partial charge in [0.2, 0.25) is 10.0 Å². The second-order valence-electron chi connectivity index (χ2n) is 4.10. The molecule has 0 heterocycles. The fourth-order valence-corrected chi connectivity index (χ4v) is 4.32. The number of nitrogens with two attached hydrogens (primary N) is 1. The van der Waals surface area contributed by atoms with Crippen LogP contribution in [0.3, 0.4) is 0 Å². The summed E-state index contributed by atoms with van der Waals surface area (Å²) >= 11 is 1.45. The van der Waals surface area contributed by atoms with E-state index in [2.05, 4.69) is 13.2 Å². The first-order valence-electron chi connectivity index (χ1n) is 6.18. The molecule has 0 aliphatic heterocycles. The molecule has 0 saturated heterocycles. The van der Waals surface area contributed by atoms with Crippen molar-refractivity contribution < 1.29 is 8.42 Å². The van der Waals surface area contributed by atoms with E-state index in [1.165, 1.54) is 16.1 Å². The minimum absolute atomic E-state index is 0.0632. The van der Waals surface area contributed by atoms with Crippen molar-refractivity contribution in [3.8, 4) is 0 Å². The van der Waals surface area contributed by atoms with Crippen LogP contribution in [0.2, 0.25) is 0 Å². The van der Waals surface area contributed by atoms with Crippen LogP contribution >= 0.6 is 11.8 Å². The highest BCUT2D eigenvalue weighted by molar-refractivity contribution is 8.00. The Labute approximate surface area is 125 Å². The number of rotatable bonds is 9. The molecular formula is C14H20N2O2S2. The van der Waals surface area contributed by atoms with Crippen molar-refractivity contribution in [2.45, 2.75) is 4.90 Å². The summed E-state index contributed by atoms with van der Waals surface area (Å²) in [5.41, 5.74) is 6.49. The van der Waals surface area contributed by atoms with Crippen molar-refractivity contribution in [2.75, 3.05) is 30.3 Å². The van der Waals surface area contributed by atoms with Gasteiger partial charge in [0.25, 0.3) is 0 Å². The van der Waals surface area contributed by atoms with Crippen LogP contribution in [0.5, 0.6) is 0 Å². The summed E-state index contributed by atoms with van der Waals surface area (Å²) in [5, 5.41) is 0. The van der Waals surface area contributed by atoms with Gasteiger partial charge in [-0.05, 0) is 12.1 Å². The lowest BCUT2D eigenvalue weighted by Gasteiger charge is -2.18. The summed E-state index contributed by atoms with van der Waals surface area (Å²) in [6.45, 7) is 7.74. The molecular weight excluding hydrogens is 292 g/mol. The maximum absolute atomic E-state index is 12.2. The van der Waals surface area contributed by atoms with E-state index >= 15 is 0 Å². The van der Waals surface area contributed by atoms with E-state index in [4.69, 9.17) is 5.73 Å². The maximum Gasteiger partial charge on any atom is 0.215 e. The molecule has 0 aliphatic carbocycles. The first-order chi connectivity index (χ1) is 9.51. The van der Waals surface area contributed by atoms with Gasteiger partial charge in [-0.2, -0.15) is 4.31 Å². The van der Waals surface area contributed by atoms with E-state index in [1.807, 2.05) is 18.2 Å². The summed E-state index contributed by atoms with van der Waals surface area (Å²) in [7, 11) is -3.30. The molecule has 0 radical (unpaired) electrons. The number of nitrogen functional groups attached to an aromatic ring is 1. The Hall–Kier alpha value is -1.24.